The van der Waals surface area contributed by atoms with Crippen LogP contribution in [0.4, 0.5) is 0 Å². The van der Waals surface area contributed by atoms with Crippen molar-refractivity contribution >= 4 is 5.97 Å². The van der Waals surface area contributed by atoms with Crippen molar-refractivity contribution in [2.45, 2.75) is 6.42 Å². The van der Waals surface area contributed by atoms with Crippen LogP contribution in [0.15, 0.2) is 24.3 Å². The highest BCUT2D eigenvalue weighted by atomic mass is 16.4. The Kier molecular flexibility index (Phi) is 2.63. The van der Waals surface area contributed by atoms with Gasteiger partial charge in [0.1, 0.15) is 0 Å². The zero-order chi connectivity index (χ0) is 11.5. The lowest BCUT2D eigenvalue weighted by molar-refractivity contribution is -0.136. The molecule has 0 aliphatic heterocycles. The molecule has 0 spiro atoms. The van der Waals surface area contributed by atoms with Crippen LogP contribution in [0.1, 0.15) is 5.56 Å². The summed E-state index contributed by atoms with van der Waals surface area (Å²) < 4.78 is 0. The summed E-state index contributed by atoms with van der Waals surface area (Å²) in [6.07, 6.45) is 0.0220. The quantitative estimate of drug-likeness (QED) is 0.811. The van der Waals surface area contributed by atoms with Crippen LogP contribution in [0, 0.1) is 0 Å². The van der Waals surface area contributed by atoms with Crippen LogP contribution in [0.3, 0.4) is 0 Å². The molecule has 16 heavy (non-hydrogen) atoms. The second-order valence-corrected chi connectivity index (χ2v) is 3.37. The first-order valence-electron chi connectivity index (χ1n) is 4.70. The maximum atomic E-state index is 10.5. The lowest BCUT2D eigenvalue weighted by Gasteiger charge is -1.98. The molecule has 0 atom stereocenters. The van der Waals surface area contributed by atoms with E-state index in [4.69, 9.17) is 5.11 Å². The molecule has 0 bridgehead atoms. The number of aliphatic carboxylic acids is 1. The Morgan fingerprint density at radius 3 is 2.56 bits per heavy atom. The number of carbonyl (C=O) groups is 1. The lowest BCUT2D eigenvalue weighted by Crippen LogP contribution is -1.99. The number of nitrogens with zero attached hydrogens (tertiary/aromatic N) is 4. The highest BCUT2D eigenvalue weighted by molar-refractivity contribution is 5.70. The van der Waals surface area contributed by atoms with Crippen molar-refractivity contribution in [2.24, 2.45) is 7.05 Å². The van der Waals surface area contributed by atoms with E-state index in [0.717, 1.165) is 11.1 Å². The van der Waals surface area contributed by atoms with Crippen molar-refractivity contribution in [3.8, 4) is 11.4 Å². The molecule has 0 saturated heterocycles. The summed E-state index contributed by atoms with van der Waals surface area (Å²) in [6, 6.07) is 7.07. The Labute approximate surface area is 91.5 Å². The van der Waals surface area contributed by atoms with E-state index < -0.39 is 5.97 Å². The van der Waals surface area contributed by atoms with Crippen LogP contribution in [-0.2, 0) is 18.3 Å². The van der Waals surface area contributed by atoms with Gasteiger partial charge >= 0.3 is 5.97 Å². The molecule has 0 aliphatic carbocycles. The van der Waals surface area contributed by atoms with Gasteiger partial charge in [-0.3, -0.25) is 4.79 Å². The summed E-state index contributed by atoms with van der Waals surface area (Å²) in [6.45, 7) is 0. The van der Waals surface area contributed by atoms with Crippen molar-refractivity contribution in [3.63, 3.8) is 0 Å². The predicted octanol–water partition coefficient (Wildman–Crippen LogP) is 0.504. The maximum absolute atomic E-state index is 10.5. The fourth-order valence-corrected chi connectivity index (χ4v) is 1.35. The third-order valence-corrected chi connectivity index (χ3v) is 2.08. The van der Waals surface area contributed by atoms with Gasteiger partial charge in [0.15, 0.2) is 0 Å². The monoisotopic (exact) mass is 218 g/mol. The molecule has 0 radical (unpaired) electrons. The molecule has 1 aromatic heterocycles. The van der Waals surface area contributed by atoms with Crippen LogP contribution < -0.4 is 0 Å². The third-order valence-electron chi connectivity index (χ3n) is 2.08. The molecule has 6 nitrogen and oxygen atoms in total. The van der Waals surface area contributed by atoms with E-state index in [1.807, 2.05) is 0 Å². The minimum Gasteiger partial charge on any atom is -0.481 e. The van der Waals surface area contributed by atoms with E-state index in [0.29, 0.717) is 5.82 Å². The molecule has 0 saturated carbocycles. The van der Waals surface area contributed by atoms with E-state index in [2.05, 4.69) is 15.4 Å². The second-order valence-electron chi connectivity index (χ2n) is 3.37. The number of hydrogen-bond acceptors (Lipinski definition) is 4. The van der Waals surface area contributed by atoms with Crippen molar-refractivity contribution < 1.29 is 9.90 Å². The molecule has 6 heteroatoms. The SMILES string of the molecule is Cn1nnc(-c2ccc(CC(=O)O)cc2)n1. The van der Waals surface area contributed by atoms with Crippen LogP contribution >= 0.6 is 0 Å². The predicted molar refractivity (Wildman–Crippen MR) is 55.6 cm³/mol. The minimum absolute atomic E-state index is 0.0220. The van der Waals surface area contributed by atoms with Gasteiger partial charge in [0.05, 0.1) is 13.5 Å². The summed E-state index contributed by atoms with van der Waals surface area (Å²) in [5, 5.41) is 20.3. The van der Waals surface area contributed by atoms with Crippen LogP contribution in [0.2, 0.25) is 0 Å². The van der Waals surface area contributed by atoms with Crippen LogP contribution in [0.25, 0.3) is 11.4 Å². The molecule has 0 amide bonds. The number of carboxylic acid groups (broad SMARTS) is 1. The Morgan fingerprint density at radius 2 is 2.06 bits per heavy atom. The van der Waals surface area contributed by atoms with Crippen molar-refractivity contribution in [3.05, 3.63) is 29.8 Å². The molecule has 1 aromatic carbocycles. The molecule has 2 aromatic rings. The Bertz CT molecular complexity index is 504. The zero-order valence-corrected chi connectivity index (χ0v) is 8.66. The van der Waals surface area contributed by atoms with Gasteiger partial charge in [0.2, 0.25) is 5.82 Å². The lowest BCUT2D eigenvalue weighted by atomic mass is 10.1. The van der Waals surface area contributed by atoms with Gasteiger partial charge in [-0.25, -0.2) is 0 Å². The molecule has 0 unspecified atom stereocenters. The molecule has 2 rings (SSSR count). The number of hydrogen-bond donors (Lipinski definition) is 1. The third kappa shape index (κ3) is 2.22. The summed E-state index contributed by atoms with van der Waals surface area (Å²) in [4.78, 5) is 11.9. The fourth-order valence-electron chi connectivity index (χ4n) is 1.35. The van der Waals surface area contributed by atoms with Gasteiger partial charge in [-0.1, -0.05) is 24.3 Å². The van der Waals surface area contributed by atoms with Gasteiger partial charge in [-0.15, -0.1) is 10.2 Å². The van der Waals surface area contributed by atoms with E-state index in [1.165, 1.54) is 4.80 Å². The number of aryl methyl sites for hydroxylation is 1. The first-order chi connectivity index (χ1) is 7.65. The van der Waals surface area contributed by atoms with Gasteiger partial charge < -0.3 is 5.11 Å². The fraction of sp³-hybridized carbons (Fsp3) is 0.200. The number of tetrazole rings is 1. The topological polar surface area (TPSA) is 80.9 Å². The summed E-state index contributed by atoms with van der Waals surface area (Å²) in [5.41, 5.74) is 1.57. The number of aromatic nitrogens is 4. The normalized spacial score (nSPS) is 10.3. The summed E-state index contributed by atoms with van der Waals surface area (Å²) >= 11 is 0. The van der Waals surface area contributed by atoms with Gasteiger partial charge in [0, 0.05) is 5.56 Å². The smallest absolute Gasteiger partial charge is 0.307 e. The summed E-state index contributed by atoms with van der Waals surface area (Å²) in [7, 11) is 1.69. The number of rotatable bonds is 3. The van der Waals surface area contributed by atoms with Gasteiger partial charge in [-0.05, 0) is 10.8 Å². The first kappa shape index (κ1) is 10.3. The molecule has 0 aliphatic rings. The first-order valence-corrected chi connectivity index (χ1v) is 4.70. The zero-order valence-electron chi connectivity index (χ0n) is 8.66. The van der Waals surface area contributed by atoms with Crippen LogP contribution in [-0.4, -0.2) is 31.3 Å². The highest BCUT2D eigenvalue weighted by Gasteiger charge is 2.05. The second kappa shape index (κ2) is 4.09. The molecular weight excluding hydrogens is 208 g/mol. The maximum Gasteiger partial charge on any atom is 0.307 e. The number of benzene rings is 1. The van der Waals surface area contributed by atoms with Gasteiger partial charge in [-0.2, -0.15) is 4.80 Å². The van der Waals surface area contributed by atoms with Crippen molar-refractivity contribution in [1.82, 2.24) is 20.2 Å². The molecule has 82 valence electrons. The highest BCUT2D eigenvalue weighted by Crippen LogP contribution is 2.14. The van der Waals surface area contributed by atoms with E-state index in [9.17, 15) is 4.79 Å². The number of carboxylic acids is 1. The van der Waals surface area contributed by atoms with Gasteiger partial charge in [0.25, 0.3) is 0 Å². The van der Waals surface area contributed by atoms with Crippen LogP contribution in [0.5, 0.6) is 0 Å². The molecule has 1 N–H and O–H groups in total. The summed E-state index contributed by atoms with van der Waals surface area (Å²) in [5.74, 6) is -0.310. The van der Waals surface area contributed by atoms with Crippen molar-refractivity contribution in [1.29, 1.82) is 0 Å². The average Bonchev–Trinajstić information content (AvgIpc) is 2.65. The van der Waals surface area contributed by atoms with Crippen molar-refractivity contribution in [2.75, 3.05) is 0 Å². The standard InChI is InChI=1S/C10H10N4O2/c1-14-12-10(11-13-14)8-4-2-7(3-5-8)6-9(15)16/h2-5H,6H2,1H3,(H,15,16). The Hall–Kier alpha value is -2.24. The average molecular weight is 218 g/mol. The van der Waals surface area contributed by atoms with E-state index in [-0.39, 0.29) is 6.42 Å². The Morgan fingerprint density at radius 1 is 1.38 bits per heavy atom. The van der Waals surface area contributed by atoms with E-state index in [1.54, 1.807) is 31.3 Å². The minimum atomic E-state index is -0.842. The Balaban J connectivity index is 2.22. The largest absolute Gasteiger partial charge is 0.481 e. The van der Waals surface area contributed by atoms with E-state index >= 15 is 0 Å². The molecular formula is C10H10N4O2. The molecule has 0 fully saturated rings. The molecule has 1 heterocycles.